The molecule has 0 radical (unpaired) electrons. The zero-order chi connectivity index (χ0) is 11.8. The van der Waals surface area contributed by atoms with E-state index >= 15 is 0 Å². The third-order valence-corrected chi connectivity index (χ3v) is 6.16. The minimum Gasteiger partial charge on any atom is -0.383 e. The highest BCUT2D eigenvalue weighted by atomic mass is 32.2. The van der Waals surface area contributed by atoms with Gasteiger partial charge in [0.2, 0.25) is 0 Å². The molecule has 0 aliphatic carbocycles. The molecule has 0 saturated carbocycles. The van der Waals surface area contributed by atoms with Gasteiger partial charge in [0.05, 0.1) is 0 Å². The van der Waals surface area contributed by atoms with Gasteiger partial charge in [-0.1, -0.05) is 0 Å². The van der Waals surface area contributed by atoms with E-state index in [4.69, 9.17) is 0 Å². The zero-order valence-corrected chi connectivity index (χ0v) is 12.1. The Labute approximate surface area is 114 Å². The Morgan fingerprint density at radius 2 is 2.24 bits per heavy atom. The third-order valence-electron chi connectivity index (χ3n) is 2.98. The number of aliphatic hydroxyl groups excluding tert-OH is 1. The van der Waals surface area contributed by atoms with Crippen LogP contribution in [0.1, 0.15) is 31.9 Å². The second-order valence-electron chi connectivity index (χ2n) is 4.29. The van der Waals surface area contributed by atoms with Crippen LogP contribution < -0.4 is 0 Å². The van der Waals surface area contributed by atoms with Crippen molar-refractivity contribution in [3.63, 3.8) is 0 Å². The summed E-state index contributed by atoms with van der Waals surface area (Å²) in [6.07, 6.45) is 0.737. The van der Waals surface area contributed by atoms with Crippen molar-refractivity contribution in [2.75, 3.05) is 5.75 Å². The molecule has 3 heterocycles. The molecule has 1 nitrogen and oxygen atoms in total. The van der Waals surface area contributed by atoms with E-state index < -0.39 is 6.10 Å². The lowest BCUT2D eigenvalue weighted by molar-refractivity contribution is 0.224. The van der Waals surface area contributed by atoms with Crippen LogP contribution in [0, 0.1) is 6.92 Å². The average molecular weight is 282 g/mol. The lowest BCUT2D eigenvalue weighted by atomic mass is 10.1. The van der Waals surface area contributed by atoms with Crippen molar-refractivity contribution < 1.29 is 5.11 Å². The van der Waals surface area contributed by atoms with Gasteiger partial charge in [-0.3, -0.25) is 0 Å². The Bertz CT molecular complexity index is 503. The minimum atomic E-state index is -0.430. The van der Waals surface area contributed by atoms with E-state index in [-0.39, 0.29) is 0 Å². The monoisotopic (exact) mass is 282 g/mol. The smallest absolute Gasteiger partial charge is 0.114 e. The fraction of sp³-hybridized carbons (Fsp3) is 0.385. The predicted molar refractivity (Wildman–Crippen MR) is 77.3 cm³/mol. The van der Waals surface area contributed by atoms with Crippen LogP contribution in [-0.4, -0.2) is 10.9 Å². The van der Waals surface area contributed by atoms with Crippen LogP contribution in [0.4, 0.5) is 0 Å². The van der Waals surface area contributed by atoms with Crippen molar-refractivity contribution in [3.8, 4) is 0 Å². The predicted octanol–water partition coefficient (Wildman–Crippen LogP) is 3.99. The molecular formula is C13H14OS3. The number of aryl methyl sites for hydroxylation is 2. The molecule has 0 spiro atoms. The fourth-order valence-electron chi connectivity index (χ4n) is 2.08. The molecule has 1 atom stereocenters. The Hall–Kier alpha value is -0.290. The first-order valence-electron chi connectivity index (χ1n) is 5.66. The highest BCUT2D eigenvalue weighted by Gasteiger charge is 2.19. The Kier molecular flexibility index (Phi) is 3.30. The van der Waals surface area contributed by atoms with Crippen molar-refractivity contribution in [1.82, 2.24) is 0 Å². The van der Waals surface area contributed by atoms with E-state index in [0.29, 0.717) is 0 Å². The molecule has 17 heavy (non-hydrogen) atoms. The molecule has 0 saturated heterocycles. The van der Waals surface area contributed by atoms with Gasteiger partial charge >= 0.3 is 0 Å². The summed E-state index contributed by atoms with van der Waals surface area (Å²) in [5, 5.41) is 12.4. The molecule has 0 amide bonds. The van der Waals surface area contributed by atoms with E-state index in [1.807, 2.05) is 11.8 Å². The summed E-state index contributed by atoms with van der Waals surface area (Å²) in [5.41, 5.74) is 2.48. The number of aliphatic hydroxyl groups is 1. The standard InChI is InChI=1S/C13H14OS3/c1-8-4-10(7-16-8)13(14)12-5-9-6-15-3-2-11(9)17-12/h4-5,7,13-14H,2-3,6H2,1H3. The molecule has 0 aromatic carbocycles. The van der Waals surface area contributed by atoms with Gasteiger partial charge in [-0.2, -0.15) is 11.8 Å². The molecule has 1 unspecified atom stereocenters. The molecule has 90 valence electrons. The molecular weight excluding hydrogens is 268 g/mol. The topological polar surface area (TPSA) is 20.2 Å². The molecule has 0 fully saturated rings. The fourth-order valence-corrected chi connectivity index (χ4v) is 5.19. The van der Waals surface area contributed by atoms with Gasteiger partial charge in [0.1, 0.15) is 6.10 Å². The molecule has 1 aliphatic rings. The molecule has 1 aliphatic heterocycles. The lowest BCUT2D eigenvalue weighted by Crippen LogP contribution is -1.96. The molecule has 0 bridgehead atoms. The number of thioether (sulfide) groups is 1. The second-order valence-corrected chi connectivity index (χ2v) is 7.68. The normalized spacial score (nSPS) is 16.8. The lowest BCUT2D eigenvalue weighted by Gasteiger charge is -2.08. The van der Waals surface area contributed by atoms with Crippen LogP contribution in [0.2, 0.25) is 0 Å². The van der Waals surface area contributed by atoms with Crippen LogP contribution in [0.5, 0.6) is 0 Å². The quantitative estimate of drug-likeness (QED) is 0.899. The first kappa shape index (κ1) is 11.8. The van der Waals surface area contributed by atoms with Crippen LogP contribution >= 0.6 is 34.4 Å². The summed E-state index contributed by atoms with van der Waals surface area (Å²) in [4.78, 5) is 3.84. The van der Waals surface area contributed by atoms with E-state index in [1.165, 1.54) is 27.5 Å². The summed E-state index contributed by atoms with van der Waals surface area (Å²) in [6.45, 7) is 2.08. The number of fused-ring (bicyclic) bond motifs is 1. The molecule has 4 heteroatoms. The molecule has 2 aromatic heterocycles. The van der Waals surface area contributed by atoms with E-state index in [2.05, 4.69) is 24.4 Å². The second kappa shape index (κ2) is 4.76. The molecule has 2 aromatic rings. The highest BCUT2D eigenvalue weighted by molar-refractivity contribution is 7.98. The van der Waals surface area contributed by atoms with Crippen LogP contribution in [0.25, 0.3) is 0 Å². The zero-order valence-electron chi connectivity index (χ0n) is 9.60. The van der Waals surface area contributed by atoms with Crippen LogP contribution in [0.3, 0.4) is 0 Å². The SMILES string of the molecule is Cc1cc(C(O)c2cc3c(s2)CCSC3)cs1. The summed E-state index contributed by atoms with van der Waals surface area (Å²) in [7, 11) is 0. The first-order chi connectivity index (χ1) is 8.24. The maximum absolute atomic E-state index is 10.4. The van der Waals surface area contributed by atoms with Crippen molar-refractivity contribution >= 4 is 34.4 Å². The van der Waals surface area contributed by atoms with Gasteiger partial charge in [-0.15, -0.1) is 22.7 Å². The number of thiophene rings is 2. The minimum absolute atomic E-state index is 0.430. The molecule has 1 N–H and O–H groups in total. The van der Waals surface area contributed by atoms with Crippen molar-refractivity contribution in [3.05, 3.63) is 43.3 Å². The number of hydrogen-bond donors (Lipinski definition) is 1. The Balaban J connectivity index is 1.91. The van der Waals surface area contributed by atoms with Gasteiger partial charge < -0.3 is 5.11 Å². The summed E-state index contributed by atoms with van der Waals surface area (Å²) in [5.74, 6) is 2.34. The summed E-state index contributed by atoms with van der Waals surface area (Å²) < 4.78 is 0. The van der Waals surface area contributed by atoms with Crippen molar-refractivity contribution in [2.45, 2.75) is 25.2 Å². The highest BCUT2D eigenvalue weighted by Crippen LogP contribution is 2.37. The van der Waals surface area contributed by atoms with Crippen molar-refractivity contribution in [1.29, 1.82) is 0 Å². The van der Waals surface area contributed by atoms with E-state index in [0.717, 1.165) is 16.2 Å². The van der Waals surface area contributed by atoms with Crippen LogP contribution in [-0.2, 0) is 12.2 Å². The largest absolute Gasteiger partial charge is 0.383 e. The Morgan fingerprint density at radius 3 is 2.94 bits per heavy atom. The first-order valence-corrected chi connectivity index (χ1v) is 8.51. The Morgan fingerprint density at radius 1 is 1.35 bits per heavy atom. The van der Waals surface area contributed by atoms with E-state index in [1.54, 1.807) is 22.7 Å². The summed E-state index contributed by atoms with van der Waals surface area (Å²) >= 11 is 5.48. The number of rotatable bonds is 2. The van der Waals surface area contributed by atoms with Gasteiger partial charge in [0.25, 0.3) is 0 Å². The van der Waals surface area contributed by atoms with Crippen molar-refractivity contribution in [2.24, 2.45) is 0 Å². The van der Waals surface area contributed by atoms with Gasteiger partial charge in [-0.25, -0.2) is 0 Å². The molecule has 3 rings (SSSR count). The average Bonchev–Trinajstić information content (AvgIpc) is 2.93. The van der Waals surface area contributed by atoms with Gasteiger partial charge in [0.15, 0.2) is 0 Å². The van der Waals surface area contributed by atoms with Gasteiger partial charge in [0, 0.05) is 20.4 Å². The summed E-state index contributed by atoms with van der Waals surface area (Å²) in [6, 6.07) is 4.28. The maximum Gasteiger partial charge on any atom is 0.114 e. The van der Waals surface area contributed by atoms with Crippen LogP contribution in [0.15, 0.2) is 17.5 Å². The maximum atomic E-state index is 10.4. The van der Waals surface area contributed by atoms with E-state index in [9.17, 15) is 5.11 Å². The number of hydrogen-bond acceptors (Lipinski definition) is 4. The van der Waals surface area contributed by atoms with Gasteiger partial charge in [-0.05, 0) is 47.7 Å². The third kappa shape index (κ3) is 2.32.